The molecule has 5 heteroatoms. The van der Waals surface area contributed by atoms with Crippen LogP contribution < -0.4 is 0 Å². The summed E-state index contributed by atoms with van der Waals surface area (Å²) in [7, 11) is 2.06. The zero-order valence-electron chi connectivity index (χ0n) is 11.1. The Balaban J connectivity index is 2.00. The van der Waals surface area contributed by atoms with Crippen molar-refractivity contribution in [2.75, 3.05) is 40.0 Å². The number of nitrogens with zero attached hydrogens (tertiary/aromatic N) is 1. The van der Waals surface area contributed by atoms with Gasteiger partial charge in [0, 0.05) is 18.0 Å². The Bertz CT molecular complexity index is 327. The third kappa shape index (κ3) is 6.74. The molecule has 1 aromatic rings. The fourth-order valence-corrected chi connectivity index (χ4v) is 2.14. The number of carbonyl (C=O) groups is 1. The summed E-state index contributed by atoms with van der Waals surface area (Å²) in [6.07, 6.45) is 1.06. The number of hydrogen-bond donors (Lipinski definition) is 0. The highest BCUT2D eigenvalue weighted by Gasteiger charge is 2.03. The van der Waals surface area contributed by atoms with Gasteiger partial charge in [0.25, 0.3) is 0 Å². The zero-order valence-corrected chi connectivity index (χ0v) is 11.9. The van der Waals surface area contributed by atoms with E-state index in [4.69, 9.17) is 9.47 Å². The van der Waals surface area contributed by atoms with E-state index in [1.54, 1.807) is 18.3 Å². The first-order valence-corrected chi connectivity index (χ1v) is 7.04. The van der Waals surface area contributed by atoms with Crippen LogP contribution in [0.2, 0.25) is 0 Å². The Morgan fingerprint density at radius 2 is 2.28 bits per heavy atom. The highest BCUT2D eigenvalue weighted by atomic mass is 32.1. The molecule has 0 fully saturated rings. The van der Waals surface area contributed by atoms with E-state index in [9.17, 15) is 4.79 Å². The average Bonchev–Trinajstić information content (AvgIpc) is 2.85. The number of thiophene rings is 1. The maximum atomic E-state index is 11.0. The molecule has 0 bridgehead atoms. The molecule has 102 valence electrons. The van der Waals surface area contributed by atoms with Crippen molar-refractivity contribution in [1.82, 2.24) is 4.90 Å². The van der Waals surface area contributed by atoms with Gasteiger partial charge in [-0.15, -0.1) is 11.3 Å². The van der Waals surface area contributed by atoms with Gasteiger partial charge in [-0.05, 0) is 31.8 Å². The highest BCUT2D eigenvalue weighted by molar-refractivity contribution is 7.09. The predicted octanol–water partition coefficient (Wildman–Crippen LogP) is 1.80. The van der Waals surface area contributed by atoms with Crippen molar-refractivity contribution < 1.29 is 14.3 Å². The van der Waals surface area contributed by atoms with Gasteiger partial charge in [0.05, 0.1) is 13.2 Å². The van der Waals surface area contributed by atoms with Crippen molar-refractivity contribution in [3.05, 3.63) is 22.4 Å². The number of hydrogen-bond acceptors (Lipinski definition) is 5. The molecule has 1 aromatic heterocycles. The molecule has 1 heterocycles. The average molecular weight is 271 g/mol. The smallest absolute Gasteiger partial charge is 0.332 e. The van der Waals surface area contributed by atoms with Crippen LogP contribution in [0.25, 0.3) is 0 Å². The van der Waals surface area contributed by atoms with Crippen LogP contribution in [0, 0.1) is 0 Å². The van der Waals surface area contributed by atoms with Crippen molar-refractivity contribution >= 4 is 17.3 Å². The summed E-state index contributed by atoms with van der Waals surface area (Å²) in [6.45, 7) is 4.62. The molecule has 4 nitrogen and oxygen atoms in total. The molecule has 0 saturated carbocycles. The van der Waals surface area contributed by atoms with Gasteiger partial charge >= 0.3 is 5.97 Å². The normalized spacial score (nSPS) is 10.8. The molecule has 0 aliphatic heterocycles. The lowest BCUT2D eigenvalue weighted by Crippen LogP contribution is -2.26. The van der Waals surface area contributed by atoms with Crippen LogP contribution in [-0.4, -0.2) is 50.8 Å². The van der Waals surface area contributed by atoms with Crippen molar-refractivity contribution in [3.63, 3.8) is 0 Å². The van der Waals surface area contributed by atoms with E-state index in [-0.39, 0.29) is 12.6 Å². The number of rotatable bonds is 9. The Morgan fingerprint density at radius 1 is 1.44 bits per heavy atom. The minimum Gasteiger partial charge on any atom is -0.464 e. The van der Waals surface area contributed by atoms with Gasteiger partial charge in [0.1, 0.15) is 6.61 Å². The lowest BCUT2D eigenvalue weighted by molar-refractivity contribution is -0.148. The summed E-state index contributed by atoms with van der Waals surface area (Å²) in [6, 6.07) is 4.22. The number of ether oxygens (including phenoxy) is 2. The van der Waals surface area contributed by atoms with Crippen LogP contribution in [0.3, 0.4) is 0 Å². The third-order valence-electron chi connectivity index (χ3n) is 2.46. The third-order valence-corrected chi connectivity index (χ3v) is 3.40. The zero-order chi connectivity index (χ0) is 13.2. The molecule has 0 aromatic carbocycles. The van der Waals surface area contributed by atoms with Crippen molar-refractivity contribution in [2.45, 2.75) is 13.3 Å². The molecule has 0 spiro atoms. The van der Waals surface area contributed by atoms with Crippen molar-refractivity contribution in [1.29, 1.82) is 0 Å². The van der Waals surface area contributed by atoms with Crippen LogP contribution in [-0.2, 0) is 20.7 Å². The van der Waals surface area contributed by atoms with Gasteiger partial charge in [0.2, 0.25) is 0 Å². The fraction of sp³-hybridized carbons (Fsp3) is 0.615. The maximum Gasteiger partial charge on any atom is 0.332 e. The molecule has 0 unspecified atom stereocenters. The van der Waals surface area contributed by atoms with Crippen LogP contribution >= 0.6 is 11.3 Å². The first kappa shape index (κ1) is 15.1. The molecule has 0 saturated heterocycles. The maximum absolute atomic E-state index is 11.0. The molecule has 1 rings (SSSR count). The fourth-order valence-electron chi connectivity index (χ4n) is 1.45. The molecular formula is C13H21NO3S. The van der Waals surface area contributed by atoms with Gasteiger partial charge in [-0.25, -0.2) is 4.79 Å². The molecule has 0 amide bonds. The summed E-state index contributed by atoms with van der Waals surface area (Å²) in [5.41, 5.74) is 0. The van der Waals surface area contributed by atoms with E-state index in [0.29, 0.717) is 13.2 Å². The van der Waals surface area contributed by atoms with E-state index >= 15 is 0 Å². The van der Waals surface area contributed by atoms with Crippen molar-refractivity contribution in [2.24, 2.45) is 0 Å². The van der Waals surface area contributed by atoms with Crippen LogP contribution in [0.5, 0.6) is 0 Å². The monoisotopic (exact) mass is 271 g/mol. The van der Waals surface area contributed by atoms with Gasteiger partial charge in [-0.1, -0.05) is 6.07 Å². The highest BCUT2D eigenvalue weighted by Crippen LogP contribution is 2.09. The Morgan fingerprint density at radius 3 is 2.94 bits per heavy atom. The first-order chi connectivity index (χ1) is 8.72. The van der Waals surface area contributed by atoms with Crippen molar-refractivity contribution in [3.8, 4) is 0 Å². The van der Waals surface area contributed by atoms with E-state index in [2.05, 4.69) is 29.5 Å². The summed E-state index contributed by atoms with van der Waals surface area (Å²) >= 11 is 1.78. The molecule has 0 radical (unpaired) electrons. The molecule has 0 N–H and O–H groups in total. The molecule has 0 atom stereocenters. The van der Waals surface area contributed by atoms with E-state index in [1.807, 2.05) is 0 Å². The van der Waals surface area contributed by atoms with Gasteiger partial charge in [0.15, 0.2) is 0 Å². The minimum atomic E-state index is -0.293. The minimum absolute atomic E-state index is 0.0482. The van der Waals surface area contributed by atoms with Crippen LogP contribution in [0.1, 0.15) is 11.8 Å². The second kappa shape index (κ2) is 9.08. The molecule has 0 aliphatic carbocycles. The lowest BCUT2D eigenvalue weighted by atomic mass is 10.3. The topological polar surface area (TPSA) is 38.8 Å². The van der Waals surface area contributed by atoms with Gasteiger partial charge in [-0.2, -0.15) is 0 Å². The quantitative estimate of drug-likeness (QED) is 0.507. The number of likely N-dealkylation sites (N-methyl/N-ethyl adjacent to an activating group) is 1. The Labute approximate surface area is 113 Å². The largest absolute Gasteiger partial charge is 0.464 e. The van der Waals surface area contributed by atoms with Gasteiger partial charge in [-0.3, -0.25) is 0 Å². The number of esters is 1. The summed E-state index contributed by atoms with van der Waals surface area (Å²) < 4.78 is 10.0. The second-order valence-electron chi connectivity index (χ2n) is 3.99. The summed E-state index contributed by atoms with van der Waals surface area (Å²) in [5.74, 6) is -0.293. The first-order valence-electron chi connectivity index (χ1n) is 6.16. The van der Waals surface area contributed by atoms with E-state index < -0.39 is 0 Å². The predicted molar refractivity (Wildman–Crippen MR) is 73.0 cm³/mol. The summed E-state index contributed by atoms with van der Waals surface area (Å²) in [5, 5.41) is 2.10. The van der Waals surface area contributed by atoms with E-state index in [0.717, 1.165) is 19.5 Å². The van der Waals surface area contributed by atoms with Crippen LogP contribution in [0.15, 0.2) is 17.5 Å². The standard InChI is InChI=1S/C13H21NO3S/c1-3-17-13(15)11-16-9-8-14(2)7-6-12-5-4-10-18-12/h4-5,10H,3,6-9,11H2,1-2H3. The Hall–Kier alpha value is -0.910. The Kier molecular flexibility index (Phi) is 7.64. The summed E-state index contributed by atoms with van der Waals surface area (Å²) in [4.78, 5) is 14.6. The molecule has 0 aliphatic rings. The van der Waals surface area contributed by atoms with Gasteiger partial charge < -0.3 is 14.4 Å². The number of carbonyl (C=O) groups excluding carboxylic acids is 1. The second-order valence-corrected chi connectivity index (χ2v) is 5.02. The lowest BCUT2D eigenvalue weighted by Gasteiger charge is -2.15. The van der Waals surface area contributed by atoms with E-state index in [1.165, 1.54) is 4.88 Å². The molecule has 18 heavy (non-hydrogen) atoms. The van der Waals surface area contributed by atoms with Crippen LogP contribution in [0.4, 0.5) is 0 Å². The SMILES string of the molecule is CCOC(=O)COCCN(C)CCc1cccs1. The molecular weight excluding hydrogens is 250 g/mol.